The number of carbonyl (C=O) groups excluding carboxylic acids is 2. The lowest BCUT2D eigenvalue weighted by Crippen LogP contribution is -2.48. The lowest BCUT2D eigenvalue weighted by atomic mass is 10.1. The normalized spacial score (nSPS) is 22.7. The van der Waals surface area contributed by atoms with E-state index < -0.39 is 15.8 Å². The molecule has 0 spiro atoms. The number of ether oxygens (including phenoxy) is 1. The van der Waals surface area contributed by atoms with E-state index in [0.717, 1.165) is 31.2 Å². The molecule has 26 heavy (non-hydrogen) atoms. The highest BCUT2D eigenvalue weighted by Crippen LogP contribution is 2.29. The van der Waals surface area contributed by atoms with Gasteiger partial charge in [-0.15, -0.1) is 0 Å². The molecule has 1 aliphatic carbocycles. The summed E-state index contributed by atoms with van der Waals surface area (Å²) < 4.78 is 28.7. The minimum Gasteiger partial charge on any atom is -0.452 e. The molecule has 0 N–H and O–H groups in total. The third-order valence-electron chi connectivity index (χ3n) is 4.90. The molecule has 0 aromatic carbocycles. The van der Waals surface area contributed by atoms with Crippen molar-refractivity contribution >= 4 is 39.1 Å². The molecule has 1 aliphatic heterocycles. The van der Waals surface area contributed by atoms with Crippen LogP contribution in [-0.2, 0) is 24.2 Å². The maximum Gasteiger partial charge on any atom is 0.331 e. The number of sulfone groups is 1. The van der Waals surface area contributed by atoms with Crippen LogP contribution in [0, 0.1) is 0 Å². The van der Waals surface area contributed by atoms with Crippen LogP contribution in [-0.4, -0.2) is 55.4 Å². The standard InChI is InChI=1S/C18H23NO5S2/c20-17(11-24-18(21)6-5-14-7-9-25-12-14)19(15-3-1-2-4-15)16-8-10-26(22,23)13-16/h5-7,9,12,15-16H,1-4,8,10-11,13H2/b6-5+. The van der Waals surface area contributed by atoms with Crippen LogP contribution in [0.2, 0.25) is 0 Å². The molecule has 1 saturated heterocycles. The third kappa shape index (κ3) is 4.94. The number of hydrogen-bond donors (Lipinski definition) is 0. The molecular weight excluding hydrogens is 374 g/mol. The minimum atomic E-state index is -3.08. The number of carbonyl (C=O) groups is 2. The second-order valence-corrected chi connectivity index (χ2v) is 9.80. The maximum atomic E-state index is 12.7. The second-order valence-electron chi connectivity index (χ2n) is 6.79. The Hall–Kier alpha value is -1.67. The molecule has 0 radical (unpaired) electrons. The van der Waals surface area contributed by atoms with Crippen LogP contribution in [0.15, 0.2) is 22.9 Å². The van der Waals surface area contributed by atoms with Crippen LogP contribution in [0.3, 0.4) is 0 Å². The molecule has 1 amide bonds. The van der Waals surface area contributed by atoms with Gasteiger partial charge in [0.25, 0.3) is 5.91 Å². The van der Waals surface area contributed by atoms with E-state index in [-0.39, 0.29) is 36.1 Å². The Morgan fingerprint density at radius 3 is 2.62 bits per heavy atom. The van der Waals surface area contributed by atoms with Crippen molar-refractivity contribution < 1.29 is 22.7 Å². The molecule has 142 valence electrons. The summed E-state index contributed by atoms with van der Waals surface area (Å²) >= 11 is 1.53. The Morgan fingerprint density at radius 1 is 1.23 bits per heavy atom. The summed E-state index contributed by atoms with van der Waals surface area (Å²) in [6.45, 7) is -0.347. The Labute approximate surface area is 157 Å². The number of amides is 1. The fourth-order valence-corrected chi connectivity index (χ4v) is 6.01. The first-order valence-corrected chi connectivity index (χ1v) is 11.6. The van der Waals surface area contributed by atoms with E-state index in [2.05, 4.69) is 0 Å². The number of rotatable bonds is 6. The van der Waals surface area contributed by atoms with Gasteiger partial charge in [-0.25, -0.2) is 13.2 Å². The molecule has 8 heteroatoms. The Morgan fingerprint density at radius 2 is 2.00 bits per heavy atom. The largest absolute Gasteiger partial charge is 0.452 e. The Bertz CT molecular complexity index is 764. The molecule has 2 aliphatic rings. The van der Waals surface area contributed by atoms with Gasteiger partial charge in [-0.3, -0.25) is 4.79 Å². The zero-order valence-electron chi connectivity index (χ0n) is 14.5. The molecule has 6 nitrogen and oxygen atoms in total. The van der Waals surface area contributed by atoms with Crippen LogP contribution in [0.1, 0.15) is 37.7 Å². The summed E-state index contributed by atoms with van der Waals surface area (Å²) in [6, 6.07) is 1.64. The smallest absolute Gasteiger partial charge is 0.331 e. The molecule has 1 saturated carbocycles. The van der Waals surface area contributed by atoms with Gasteiger partial charge in [0.05, 0.1) is 11.5 Å². The van der Waals surface area contributed by atoms with E-state index in [9.17, 15) is 18.0 Å². The van der Waals surface area contributed by atoms with Crippen molar-refractivity contribution in [2.75, 3.05) is 18.1 Å². The van der Waals surface area contributed by atoms with Crippen LogP contribution in [0.4, 0.5) is 0 Å². The minimum absolute atomic E-state index is 0.0151. The van der Waals surface area contributed by atoms with E-state index in [4.69, 9.17) is 4.74 Å². The number of hydrogen-bond acceptors (Lipinski definition) is 6. The third-order valence-corrected chi connectivity index (χ3v) is 7.35. The Kier molecular flexibility index (Phi) is 6.13. The quantitative estimate of drug-likeness (QED) is 0.543. The van der Waals surface area contributed by atoms with Gasteiger partial charge < -0.3 is 9.64 Å². The van der Waals surface area contributed by atoms with Crippen molar-refractivity contribution in [3.05, 3.63) is 28.5 Å². The highest BCUT2D eigenvalue weighted by molar-refractivity contribution is 7.91. The van der Waals surface area contributed by atoms with Crippen LogP contribution >= 0.6 is 11.3 Å². The SMILES string of the molecule is O=C(/C=C/c1ccsc1)OCC(=O)N(C1CCCC1)C1CCS(=O)(=O)C1. The summed E-state index contributed by atoms with van der Waals surface area (Å²) in [4.78, 5) is 26.2. The van der Waals surface area contributed by atoms with Gasteiger partial charge in [-0.05, 0) is 47.7 Å². The van der Waals surface area contributed by atoms with Gasteiger partial charge in [-0.1, -0.05) is 12.8 Å². The molecule has 0 bridgehead atoms. The molecule has 1 atom stereocenters. The predicted molar refractivity (Wildman–Crippen MR) is 100 cm³/mol. The van der Waals surface area contributed by atoms with E-state index in [1.165, 1.54) is 17.4 Å². The van der Waals surface area contributed by atoms with Gasteiger partial charge in [0.1, 0.15) is 0 Å². The monoisotopic (exact) mass is 397 g/mol. The van der Waals surface area contributed by atoms with Crippen LogP contribution < -0.4 is 0 Å². The first-order chi connectivity index (χ1) is 12.4. The fourth-order valence-electron chi connectivity index (χ4n) is 3.67. The lowest BCUT2D eigenvalue weighted by Gasteiger charge is -2.33. The average molecular weight is 398 g/mol. The van der Waals surface area contributed by atoms with E-state index >= 15 is 0 Å². The van der Waals surface area contributed by atoms with Gasteiger partial charge >= 0.3 is 5.97 Å². The maximum absolute atomic E-state index is 12.7. The van der Waals surface area contributed by atoms with Gasteiger partial charge in [0.15, 0.2) is 16.4 Å². The van der Waals surface area contributed by atoms with Gasteiger partial charge in [0.2, 0.25) is 0 Å². The molecule has 2 fully saturated rings. The summed E-state index contributed by atoms with van der Waals surface area (Å²) in [5.41, 5.74) is 0.905. The summed E-state index contributed by atoms with van der Waals surface area (Å²) in [5, 5.41) is 3.81. The second kappa shape index (κ2) is 8.35. The lowest BCUT2D eigenvalue weighted by molar-refractivity contribution is -0.150. The first-order valence-electron chi connectivity index (χ1n) is 8.83. The van der Waals surface area contributed by atoms with Crippen LogP contribution in [0.5, 0.6) is 0 Å². The van der Waals surface area contributed by atoms with E-state index in [0.29, 0.717) is 6.42 Å². The van der Waals surface area contributed by atoms with Crippen molar-refractivity contribution in [2.45, 2.75) is 44.2 Å². The van der Waals surface area contributed by atoms with Crippen molar-refractivity contribution in [3.63, 3.8) is 0 Å². The van der Waals surface area contributed by atoms with Gasteiger partial charge in [0, 0.05) is 18.2 Å². The number of thiophene rings is 1. The highest BCUT2D eigenvalue weighted by atomic mass is 32.2. The zero-order chi connectivity index (χ0) is 18.6. The van der Waals surface area contributed by atoms with Gasteiger partial charge in [-0.2, -0.15) is 11.3 Å². The topological polar surface area (TPSA) is 80.8 Å². The average Bonchev–Trinajstić information content (AvgIpc) is 3.34. The van der Waals surface area contributed by atoms with Crippen molar-refractivity contribution in [1.29, 1.82) is 0 Å². The molecule has 1 aromatic heterocycles. The number of esters is 1. The summed E-state index contributed by atoms with van der Waals surface area (Å²) in [7, 11) is -3.08. The van der Waals surface area contributed by atoms with Crippen molar-refractivity contribution in [3.8, 4) is 0 Å². The van der Waals surface area contributed by atoms with E-state index in [1.807, 2.05) is 16.8 Å². The van der Waals surface area contributed by atoms with Crippen molar-refractivity contribution in [2.24, 2.45) is 0 Å². The predicted octanol–water partition coefficient (Wildman–Crippen LogP) is 2.26. The van der Waals surface area contributed by atoms with E-state index in [1.54, 1.807) is 11.0 Å². The Balaban J connectivity index is 1.59. The molecule has 3 rings (SSSR count). The molecular formula is C18H23NO5S2. The molecule has 2 heterocycles. The highest BCUT2D eigenvalue weighted by Gasteiger charge is 2.39. The number of nitrogens with zero attached hydrogens (tertiary/aromatic N) is 1. The van der Waals surface area contributed by atoms with Crippen molar-refractivity contribution in [1.82, 2.24) is 4.90 Å². The first kappa shape index (κ1) is 19.1. The zero-order valence-corrected chi connectivity index (χ0v) is 16.1. The summed E-state index contributed by atoms with van der Waals surface area (Å²) in [5.74, 6) is -0.732. The summed E-state index contributed by atoms with van der Waals surface area (Å²) in [6.07, 6.45) is 7.25. The molecule has 1 aromatic rings. The fraction of sp³-hybridized carbons (Fsp3) is 0.556. The van der Waals surface area contributed by atoms with Crippen LogP contribution in [0.25, 0.3) is 6.08 Å². The molecule has 1 unspecified atom stereocenters.